The number of nitrogens with zero attached hydrogens (tertiary/aromatic N) is 13. The molecular weight excluding hydrogens is 1630 g/mol. The van der Waals surface area contributed by atoms with Crippen LogP contribution in [0.1, 0.15) is 224 Å². The number of imidazole rings is 3. The molecule has 1 aliphatic carbocycles. The lowest BCUT2D eigenvalue weighted by molar-refractivity contribution is -0.141. The van der Waals surface area contributed by atoms with E-state index in [1.807, 2.05) is 96.3 Å². The maximum atomic E-state index is 15.8. The summed E-state index contributed by atoms with van der Waals surface area (Å²) in [6, 6.07) is 12.9. The SMILES string of the molecule is C.CC(=O)C(C)(C)NC(=O)c1ccc(-c2c(F)c(Cl)cc([C@H](C)c3nc(C)c4c(N)nccn34)c2OC(C)C)cn1.CC(=O)C1(NC(=O)c2ccc(-c3c(F)c(Cl)cc([C@H](C)c4nc(C)c5c(N)nccn45)c3OC(C)C)cn2)CC1.Cc1nc([C@@H](C)c2cc(Cl)c(F)c(-c3ccc(C(=O)N4CCC[C@@H]4C(=O)O)nc3)c2OC(C)C)n2ccnc(N)c12. The van der Waals surface area contributed by atoms with Gasteiger partial charge in [-0.25, -0.2) is 47.9 Å². The van der Waals surface area contributed by atoms with Gasteiger partial charge in [0.05, 0.1) is 78.2 Å². The number of carboxylic acids is 1. The number of halogens is 6. The highest BCUT2D eigenvalue weighted by Crippen LogP contribution is 2.49. The number of carbonyl (C=O) groups is 6. The Kier molecular flexibility index (Phi) is 26.8. The van der Waals surface area contributed by atoms with Crippen LogP contribution in [0.4, 0.5) is 30.6 Å². The van der Waals surface area contributed by atoms with E-state index in [1.165, 1.54) is 61.6 Å². The first-order valence-corrected chi connectivity index (χ1v) is 40.2. The molecule has 10 heterocycles. The van der Waals surface area contributed by atoms with Crippen molar-refractivity contribution in [3.63, 3.8) is 0 Å². The molecule has 14 rings (SSSR count). The predicted molar refractivity (Wildman–Crippen MR) is 461 cm³/mol. The van der Waals surface area contributed by atoms with Crippen LogP contribution in [0.15, 0.2) is 110 Å². The highest BCUT2D eigenvalue weighted by molar-refractivity contribution is 6.32. The first-order valence-electron chi connectivity index (χ1n) is 39.1. The van der Waals surface area contributed by atoms with Crippen LogP contribution >= 0.6 is 34.8 Å². The lowest BCUT2D eigenvalue weighted by Gasteiger charge is -2.23. The van der Waals surface area contributed by atoms with E-state index in [9.17, 15) is 33.9 Å². The molecule has 4 atom stereocenters. The summed E-state index contributed by atoms with van der Waals surface area (Å²) in [6.45, 7) is 28.8. The number of likely N-dealkylation sites (tertiary alicyclic amines) is 1. The number of ether oxygens (including phenoxy) is 3. The summed E-state index contributed by atoms with van der Waals surface area (Å²) >= 11 is 19.3. The fourth-order valence-electron chi connectivity index (χ4n) is 14.7. The standard InChI is InChI=1S/C29H30ClFN6O4.C29H30ClFN6O3.C29H32ClFN6O3.CH4/c1-14(2)41-25-18(15(3)27-35-16(4)24-26(32)33-9-11-37(24)27)12-19(30)23(31)22(25)17-7-8-20(34-13-17)28(38)36-10-5-6-21(36)29(39)40;1-14(2)40-25-19(15(3)27-35-16(4)24-26(32)33-10-11-37(24)27)12-20(30)23(31)22(25)18-6-7-21(34-13-18)28(39)36-29(8-9-29)17(5)38;1-14(2)40-25-19(15(3)27-35-16(4)24-26(32)33-10-11-37(24)27)12-20(30)23(31)22(25)18-8-9-21(34-13-18)28(39)36-29(6,7)17(5)38;/h7-9,11-15,21H,5-6,10H2,1-4H3,(H2,32,33)(H,39,40);6-7,10-15H,8-9H2,1-5H3,(H2,32,33)(H,36,39);8-15H,1-7H3,(H2,32,33)(H,36,39);1H4/t15-,21+;2*15-;/m000./s1. The maximum Gasteiger partial charge on any atom is 0.326 e. The second kappa shape index (κ2) is 36.1. The van der Waals surface area contributed by atoms with Crippen LogP contribution in [-0.2, 0) is 14.4 Å². The van der Waals surface area contributed by atoms with Gasteiger partial charge in [-0.05, 0) is 152 Å². The van der Waals surface area contributed by atoms with Gasteiger partial charge < -0.3 is 52.1 Å². The molecule has 2 aliphatic rings. The summed E-state index contributed by atoms with van der Waals surface area (Å²) in [5, 5.41) is 14.6. The van der Waals surface area contributed by atoms with Gasteiger partial charge in [-0.2, -0.15) is 0 Å². The minimum absolute atomic E-state index is 0. The number of nitrogens with two attached hydrogens (primary N) is 3. The number of pyridine rings is 3. The second-order valence-corrected chi connectivity index (χ2v) is 32.6. The minimum Gasteiger partial charge on any atom is -0.490 e. The summed E-state index contributed by atoms with van der Waals surface area (Å²) in [7, 11) is 0. The molecule has 1 saturated carbocycles. The van der Waals surface area contributed by atoms with Gasteiger partial charge in [-0.15, -0.1) is 0 Å². The third-order valence-electron chi connectivity index (χ3n) is 21.3. The number of hydrogen-bond donors (Lipinski definition) is 6. The van der Waals surface area contributed by atoms with E-state index in [-0.39, 0.29) is 109 Å². The second-order valence-electron chi connectivity index (χ2n) is 31.3. The Bertz CT molecular complexity index is 5850. The van der Waals surface area contributed by atoms with Crippen molar-refractivity contribution in [3.8, 4) is 50.6 Å². The number of aliphatic carboxylic acids is 1. The van der Waals surface area contributed by atoms with E-state index >= 15 is 13.2 Å². The molecule has 122 heavy (non-hydrogen) atoms. The zero-order chi connectivity index (χ0) is 88.0. The molecule has 34 heteroatoms. The number of rotatable bonds is 23. The van der Waals surface area contributed by atoms with Crippen LogP contribution < -0.4 is 42.0 Å². The van der Waals surface area contributed by atoms with Gasteiger partial charge in [0.1, 0.15) is 91.8 Å². The third-order valence-corrected chi connectivity index (χ3v) is 22.1. The Balaban J connectivity index is 0.000000178. The van der Waals surface area contributed by atoms with Crippen LogP contribution in [0.5, 0.6) is 17.2 Å². The first kappa shape index (κ1) is 90.4. The van der Waals surface area contributed by atoms with Gasteiger partial charge >= 0.3 is 5.97 Å². The van der Waals surface area contributed by atoms with Crippen LogP contribution in [0.25, 0.3) is 49.9 Å². The average molecular weight is 1730 g/mol. The van der Waals surface area contributed by atoms with Crippen molar-refractivity contribution in [2.45, 2.75) is 197 Å². The van der Waals surface area contributed by atoms with Crippen molar-refractivity contribution < 1.29 is 61.3 Å². The number of carboxylic acid groups (broad SMARTS) is 1. The molecule has 0 radical (unpaired) electrons. The van der Waals surface area contributed by atoms with Crippen LogP contribution in [0, 0.1) is 38.2 Å². The third kappa shape index (κ3) is 18.0. The van der Waals surface area contributed by atoms with Crippen molar-refractivity contribution in [2.75, 3.05) is 23.7 Å². The average Bonchev–Trinajstić information content (AvgIpc) is 1.39. The number of nitrogen functional groups attached to an aromatic ring is 3. The summed E-state index contributed by atoms with van der Waals surface area (Å²) in [5.74, 6) is -2.15. The zero-order valence-corrected chi connectivity index (χ0v) is 71.7. The van der Waals surface area contributed by atoms with E-state index < -0.39 is 64.2 Å². The van der Waals surface area contributed by atoms with Crippen molar-refractivity contribution in [1.82, 2.24) is 73.6 Å². The van der Waals surface area contributed by atoms with Crippen molar-refractivity contribution >= 4 is 104 Å². The molecule has 1 saturated heterocycles. The van der Waals surface area contributed by atoms with Gasteiger partial charge in [-0.1, -0.05) is 81.2 Å². The molecule has 12 aromatic rings. The number of fused-ring (bicyclic) bond motifs is 3. The molecule has 0 spiro atoms. The Hall–Kier alpha value is -12.4. The van der Waals surface area contributed by atoms with Crippen LogP contribution in [-0.4, -0.2) is 145 Å². The summed E-state index contributed by atoms with van der Waals surface area (Å²) < 4.78 is 71.4. The zero-order valence-electron chi connectivity index (χ0n) is 69.4. The Morgan fingerprint density at radius 2 is 0.869 bits per heavy atom. The topological polar surface area (TPSA) is 385 Å². The molecule has 9 aromatic heterocycles. The fourth-order valence-corrected chi connectivity index (χ4v) is 15.3. The largest absolute Gasteiger partial charge is 0.490 e. The number of Topliss-reactive ketones (excluding diaryl/α,β-unsaturated/α-hetero) is 2. The number of hydrogen-bond acceptors (Lipinski definition) is 21. The van der Waals surface area contributed by atoms with E-state index in [0.29, 0.717) is 140 Å². The first-order chi connectivity index (χ1) is 57.1. The maximum absolute atomic E-state index is 15.8. The number of ketones is 2. The van der Waals surface area contributed by atoms with Crippen molar-refractivity contribution in [3.05, 3.63) is 211 Å². The van der Waals surface area contributed by atoms with Crippen LogP contribution in [0.2, 0.25) is 15.1 Å². The molecule has 9 N–H and O–H groups in total. The summed E-state index contributed by atoms with van der Waals surface area (Å²) in [5.41, 5.74) is 24.2. The molecular formula is C88H96Cl3F3N18O10. The van der Waals surface area contributed by atoms with E-state index in [4.69, 9.17) is 81.2 Å². The highest BCUT2D eigenvalue weighted by Gasteiger charge is 2.49. The molecule has 0 bridgehead atoms. The molecule has 1 aliphatic heterocycles. The number of aromatic nitrogens is 12. The summed E-state index contributed by atoms with van der Waals surface area (Å²) in [4.78, 5) is 115. The number of anilines is 3. The van der Waals surface area contributed by atoms with Crippen molar-refractivity contribution in [1.29, 1.82) is 0 Å². The Morgan fingerprint density at radius 1 is 0.533 bits per heavy atom. The monoisotopic (exact) mass is 1730 g/mol. The number of benzene rings is 3. The molecule has 0 unspecified atom stereocenters. The highest BCUT2D eigenvalue weighted by atomic mass is 35.5. The van der Waals surface area contributed by atoms with Gasteiger partial charge in [0.15, 0.2) is 29.0 Å². The normalized spacial score (nSPS) is 14.3. The van der Waals surface area contributed by atoms with Gasteiger partial charge in [0.2, 0.25) is 0 Å². The van der Waals surface area contributed by atoms with E-state index in [1.54, 1.807) is 81.4 Å². The minimum atomic E-state index is -1.06. The molecule has 640 valence electrons. The number of aryl methyl sites for hydroxylation is 3. The van der Waals surface area contributed by atoms with Gasteiger partial charge in [0, 0.05) is 113 Å². The van der Waals surface area contributed by atoms with Gasteiger partial charge in [-0.3, -0.25) is 52.1 Å². The van der Waals surface area contributed by atoms with Crippen molar-refractivity contribution in [2.24, 2.45) is 0 Å². The molecule has 2 fully saturated rings. The van der Waals surface area contributed by atoms with Gasteiger partial charge in [0.25, 0.3) is 17.7 Å². The lowest BCUT2D eigenvalue weighted by Crippen LogP contribution is -2.48. The number of nitrogens with one attached hydrogen (secondary N) is 2. The lowest BCUT2D eigenvalue weighted by atomic mass is 9.93. The van der Waals surface area contributed by atoms with E-state index in [2.05, 4.69) is 40.5 Å². The number of carbonyl (C=O) groups excluding carboxylic acids is 5. The molecule has 3 amide bonds. The molecule has 28 nitrogen and oxygen atoms in total. The fraction of sp³-hybridized carbons (Fsp3) is 0.352. The van der Waals surface area contributed by atoms with E-state index in [0.717, 1.165) is 0 Å². The quantitative estimate of drug-likeness (QED) is 0.0346. The summed E-state index contributed by atoms with van der Waals surface area (Å²) in [6.07, 6.45) is 15.5. The Labute approximate surface area is 717 Å². The van der Waals surface area contributed by atoms with Crippen LogP contribution in [0.3, 0.4) is 0 Å². The number of amides is 3. The predicted octanol–water partition coefficient (Wildman–Crippen LogP) is 16.5. The molecule has 3 aromatic carbocycles. The smallest absolute Gasteiger partial charge is 0.326 e. The Morgan fingerprint density at radius 3 is 1.16 bits per heavy atom.